The predicted octanol–water partition coefficient (Wildman–Crippen LogP) is 4.15. The number of rotatable bonds is 4. The van der Waals surface area contributed by atoms with Crippen LogP contribution in [-0.2, 0) is 9.53 Å². The Morgan fingerprint density at radius 3 is 2.45 bits per heavy atom. The average molecular weight is 406 g/mol. The monoisotopic (exact) mass is 405 g/mol. The fourth-order valence-electron chi connectivity index (χ4n) is 8.94. The van der Waals surface area contributed by atoms with Gasteiger partial charge in [-0.15, -0.1) is 0 Å². The van der Waals surface area contributed by atoms with Gasteiger partial charge in [0.05, 0.1) is 12.2 Å². The minimum Gasteiger partial charge on any atom is -0.390 e. The maximum Gasteiger partial charge on any atom is 0.133 e. The molecule has 1 unspecified atom stereocenters. The number of carbonyl (C=O) groups is 1. The Balaban J connectivity index is 1.71. The van der Waals surface area contributed by atoms with Crippen molar-refractivity contribution in [3.05, 3.63) is 0 Å². The number of aliphatic hydroxyl groups excluding tert-OH is 1. The number of ether oxygens (including phenoxy) is 1. The summed E-state index contributed by atoms with van der Waals surface area (Å²) in [5, 5.41) is 10.7. The smallest absolute Gasteiger partial charge is 0.133 e. The van der Waals surface area contributed by atoms with Crippen molar-refractivity contribution in [2.75, 3.05) is 20.7 Å². The molecule has 4 nitrogen and oxygen atoms in total. The molecule has 0 aromatic carbocycles. The SMILES string of the molecule is CCO[C@@H]1C[C@]2(C)[C@@H](CC[C@@H]3[C@H]2C(N(C)C)C[C@]2(C)[C@@H](C(C)=O)CC[C@@H]32)C[C@@H]1O. The fourth-order valence-corrected chi connectivity index (χ4v) is 8.94. The van der Waals surface area contributed by atoms with Crippen LogP contribution in [0.15, 0.2) is 0 Å². The van der Waals surface area contributed by atoms with Crippen LogP contribution in [0, 0.1) is 40.4 Å². The molecule has 10 atom stereocenters. The van der Waals surface area contributed by atoms with Crippen LogP contribution < -0.4 is 0 Å². The van der Waals surface area contributed by atoms with Gasteiger partial charge in [-0.05, 0) is 107 Å². The lowest BCUT2D eigenvalue weighted by Crippen LogP contribution is -2.63. The first-order chi connectivity index (χ1) is 13.6. The molecule has 0 amide bonds. The van der Waals surface area contributed by atoms with Gasteiger partial charge in [-0.3, -0.25) is 4.79 Å². The molecule has 0 heterocycles. The van der Waals surface area contributed by atoms with E-state index < -0.39 is 0 Å². The Morgan fingerprint density at radius 1 is 1.10 bits per heavy atom. The first-order valence-electron chi connectivity index (χ1n) is 12.1. The number of hydrogen-bond donors (Lipinski definition) is 1. The third-order valence-corrected chi connectivity index (χ3v) is 10.1. The van der Waals surface area contributed by atoms with E-state index in [-0.39, 0.29) is 29.0 Å². The number of carbonyl (C=O) groups excluding carboxylic acids is 1. The van der Waals surface area contributed by atoms with E-state index in [2.05, 4.69) is 32.8 Å². The molecule has 4 aliphatic carbocycles. The van der Waals surface area contributed by atoms with E-state index in [1.165, 1.54) is 19.3 Å². The summed E-state index contributed by atoms with van der Waals surface area (Å²) in [5.74, 6) is 3.24. The highest BCUT2D eigenvalue weighted by molar-refractivity contribution is 5.79. The van der Waals surface area contributed by atoms with E-state index in [4.69, 9.17) is 4.74 Å². The van der Waals surface area contributed by atoms with Gasteiger partial charge >= 0.3 is 0 Å². The Kier molecular flexibility index (Phi) is 5.71. The normalized spacial score (nSPS) is 52.0. The zero-order chi connectivity index (χ0) is 21.1. The molecular weight excluding hydrogens is 362 g/mol. The van der Waals surface area contributed by atoms with Gasteiger partial charge in [0.25, 0.3) is 0 Å². The van der Waals surface area contributed by atoms with E-state index in [1.807, 2.05) is 13.8 Å². The largest absolute Gasteiger partial charge is 0.390 e. The first-order valence-corrected chi connectivity index (χ1v) is 12.1. The van der Waals surface area contributed by atoms with Crippen LogP contribution in [0.25, 0.3) is 0 Å². The first kappa shape index (κ1) is 21.8. The minimum absolute atomic E-state index is 0.0235. The highest BCUT2D eigenvalue weighted by atomic mass is 16.5. The quantitative estimate of drug-likeness (QED) is 0.763. The molecule has 29 heavy (non-hydrogen) atoms. The molecule has 4 aliphatic rings. The lowest BCUT2D eigenvalue weighted by molar-refractivity contribution is -0.189. The zero-order valence-electron chi connectivity index (χ0n) is 19.5. The second kappa shape index (κ2) is 7.60. The third-order valence-electron chi connectivity index (χ3n) is 10.1. The number of nitrogens with zero attached hydrogens (tertiary/aromatic N) is 1. The van der Waals surface area contributed by atoms with Crippen molar-refractivity contribution in [2.24, 2.45) is 40.4 Å². The number of hydrogen-bond acceptors (Lipinski definition) is 4. The van der Waals surface area contributed by atoms with Crippen molar-refractivity contribution in [3.8, 4) is 0 Å². The van der Waals surface area contributed by atoms with Crippen LogP contribution in [0.1, 0.15) is 72.6 Å². The topological polar surface area (TPSA) is 49.8 Å². The molecule has 4 saturated carbocycles. The van der Waals surface area contributed by atoms with Crippen LogP contribution in [0.2, 0.25) is 0 Å². The Hall–Kier alpha value is -0.450. The summed E-state index contributed by atoms with van der Waals surface area (Å²) in [6, 6.07) is 0.506. The van der Waals surface area contributed by atoms with Gasteiger partial charge < -0.3 is 14.7 Å². The summed E-state index contributed by atoms with van der Waals surface area (Å²) in [6.07, 6.45) is 7.48. The molecule has 4 rings (SSSR count). The lowest BCUT2D eigenvalue weighted by Gasteiger charge is -2.65. The second-order valence-corrected chi connectivity index (χ2v) is 11.6. The van der Waals surface area contributed by atoms with Gasteiger partial charge in [0.15, 0.2) is 0 Å². The highest BCUT2D eigenvalue weighted by Gasteiger charge is 2.64. The lowest BCUT2D eigenvalue weighted by atomic mass is 9.43. The molecule has 0 saturated heterocycles. The van der Waals surface area contributed by atoms with Gasteiger partial charge in [0, 0.05) is 18.6 Å². The van der Waals surface area contributed by atoms with Crippen molar-refractivity contribution in [2.45, 2.75) is 90.9 Å². The highest BCUT2D eigenvalue weighted by Crippen LogP contribution is 2.68. The van der Waals surface area contributed by atoms with Crippen molar-refractivity contribution < 1.29 is 14.6 Å². The molecule has 4 heteroatoms. The fraction of sp³-hybridized carbons (Fsp3) is 0.960. The molecule has 0 aromatic rings. The summed E-state index contributed by atoms with van der Waals surface area (Å²) in [4.78, 5) is 15.0. The summed E-state index contributed by atoms with van der Waals surface area (Å²) >= 11 is 0. The van der Waals surface area contributed by atoms with Gasteiger partial charge in [-0.1, -0.05) is 13.8 Å². The molecule has 1 N–H and O–H groups in total. The molecular formula is C25H43NO3. The van der Waals surface area contributed by atoms with Gasteiger partial charge in [-0.25, -0.2) is 0 Å². The van der Waals surface area contributed by atoms with Crippen LogP contribution in [0.3, 0.4) is 0 Å². The molecule has 0 bridgehead atoms. The summed E-state index contributed by atoms with van der Waals surface area (Å²) < 4.78 is 6.03. The molecule has 0 radical (unpaired) electrons. The molecule has 4 fully saturated rings. The zero-order valence-corrected chi connectivity index (χ0v) is 19.5. The number of Topliss-reactive ketones (excluding diaryl/α,β-unsaturated/α-hetero) is 1. The summed E-state index contributed by atoms with van der Waals surface area (Å²) in [7, 11) is 4.49. The van der Waals surface area contributed by atoms with Crippen molar-refractivity contribution in [3.63, 3.8) is 0 Å². The van der Waals surface area contributed by atoms with Crippen LogP contribution >= 0.6 is 0 Å². The number of aliphatic hydroxyl groups is 1. The molecule has 0 aromatic heterocycles. The second-order valence-electron chi connectivity index (χ2n) is 11.6. The molecule has 166 valence electrons. The Morgan fingerprint density at radius 2 is 1.83 bits per heavy atom. The summed E-state index contributed by atoms with van der Waals surface area (Å²) in [6.45, 7) is 9.49. The standard InChI is InChI=1S/C25H43NO3/c1-7-29-22-14-24(3)16(12-21(22)28)8-9-17-19-11-10-18(15(2)27)25(19,4)13-20(23(17)24)26(5)6/h16-23,28H,7-14H2,1-6H3/t16-,17-,18+,19-,20?,21-,22+,23-,24+,25+/m0/s1. The predicted molar refractivity (Wildman–Crippen MR) is 116 cm³/mol. The average Bonchev–Trinajstić information content (AvgIpc) is 2.99. The van der Waals surface area contributed by atoms with E-state index in [1.54, 1.807) is 0 Å². The van der Waals surface area contributed by atoms with E-state index in [0.717, 1.165) is 25.7 Å². The van der Waals surface area contributed by atoms with Crippen LogP contribution in [0.4, 0.5) is 0 Å². The van der Waals surface area contributed by atoms with Crippen molar-refractivity contribution in [1.29, 1.82) is 0 Å². The van der Waals surface area contributed by atoms with Gasteiger partial charge in [0.1, 0.15) is 5.78 Å². The maximum absolute atomic E-state index is 12.5. The number of ketones is 1. The number of fused-ring (bicyclic) bond motifs is 5. The van der Waals surface area contributed by atoms with Gasteiger partial charge in [0.2, 0.25) is 0 Å². The van der Waals surface area contributed by atoms with E-state index in [0.29, 0.717) is 42.1 Å². The van der Waals surface area contributed by atoms with Crippen LogP contribution in [-0.4, -0.2) is 54.7 Å². The summed E-state index contributed by atoms with van der Waals surface area (Å²) in [5.41, 5.74) is 0.366. The van der Waals surface area contributed by atoms with E-state index in [9.17, 15) is 9.90 Å². The van der Waals surface area contributed by atoms with Crippen molar-refractivity contribution >= 4 is 5.78 Å². The third kappa shape index (κ3) is 3.24. The van der Waals surface area contributed by atoms with Gasteiger partial charge in [-0.2, -0.15) is 0 Å². The van der Waals surface area contributed by atoms with E-state index >= 15 is 0 Å². The minimum atomic E-state index is -0.315. The molecule has 0 spiro atoms. The Labute approximate surface area is 177 Å². The van der Waals surface area contributed by atoms with Crippen molar-refractivity contribution in [1.82, 2.24) is 4.90 Å². The van der Waals surface area contributed by atoms with Crippen LogP contribution in [0.5, 0.6) is 0 Å². The molecule has 0 aliphatic heterocycles. The Bertz CT molecular complexity index is 636. The maximum atomic E-state index is 12.5.